The lowest BCUT2D eigenvalue weighted by Gasteiger charge is -2.10. The van der Waals surface area contributed by atoms with Crippen LogP contribution in [0.25, 0.3) is 0 Å². The largest absolute Gasteiger partial charge is 0.347 e. The summed E-state index contributed by atoms with van der Waals surface area (Å²) in [5, 5.41) is 7.86. The van der Waals surface area contributed by atoms with Gasteiger partial charge in [-0.15, -0.1) is 0 Å². The average molecular weight is 274 g/mol. The highest BCUT2D eigenvalue weighted by atomic mass is 79.9. The van der Waals surface area contributed by atoms with Gasteiger partial charge < -0.3 is 5.32 Å². The van der Waals surface area contributed by atoms with Gasteiger partial charge in [0.05, 0.1) is 5.69 Å². The summed E-state index contributed by atoms with van der Waals surface area (Å²) in [6.07, 6.45) is 0. The van der Waals surface area contributed by atoms with Crippen molar-refractivity contribution in [3.05, 3.63) is 17.5 Å². The number of hydrogen-bond donors (Lipinski definition) is 1. The van der Waals surface area contributed by atoms with Gasteiger partial charge in [0, 0.05) is 17.9 Å². The Balaban J connectivity index is 2.81. The van der Waals surface area contributed by atoms with Crippen molar-refractivity contribution in [3.8, 4) is 0 Å². The van der Waals surface area contributed by atoms with Gasteiger partial charge in [-0.25, -0.2) is 0 Å². The number of nitrogens with zero attached hydrogens (tertiary/aromatic N) is 2. The molecule has 1 atom stereocenters. The van der Waals surface area contributed by atoms with Crippen LogP contribution < -0.4 is 5.32 Å². The van der Waals surface area contributed by atoms with Crippen LogP contribution in [0.1, 0.15) is 30.0 Å². The van der Waals surface area contributed by atoms with E-state index in [0.717, 1.165) is 11.0 Å². The van der Waals surface area contributed by atoms with Crippen LogP contribution in [0.3, 0.4) is 0 Å². The molecule has 0 radical (unpaired) electrons. The average Bonchev–Trinajstić information content (AvgIpc) is 2.59. The van der Waals surface area contributed by atoms with Gasteiger partial charge in [0.25, 0.3) is 5.91 Å². The molecule has 1 aromatic heterocycles. The molecule has 0 aliphatic heterocycles. The van der Waals surface area contributed by atoms with E-state index < -0.39 is 0 Å². The molecule has 15 heavy (non-hydrogen) atoms. The van der Waals surface area contributed by atoms with Crippen LogP contribution in [0.5, 0.6) is 0 Å². The number of halogens is 1. The fourth-order valence-electron chi connectivity index (χ4n) is 1.31. The Hall–Kier alpha value is -0.840. The first-order chi connectivity index (χ1) is 7.08. The van der Waals surface area contributed by atoms with Gasteiger partial charge in [-0.3, -0.25) is 9.48 Å². The molecule has 84 valence electrons. The van der Waals surface area contributed by atoms with Crippen molar-refractivity contribution in [1.82, 2.24) is 15.1 Å². The number of carbonyl (C=O) groups excluding carboxylic acids is 1. The molecule has 0 aromatic carbocycles. The smallest absolute Gasteiger partial charge is 0.269 e. The van der Waals surface area contributed by atoms with Crippen molar-refractivity contribution >= 4 is 21.8 Å². The van der Waals surface area contributed by atoms with Gasteiger partial charge >= 0.3 is 0 Å². The SMILES string of the molecule is CCn1nc(C)cc1C(=O)NC(C)CBr. The summed E-state index contributed by atoms with van der Waals surface area (Å²) in [4.78, 5) is 11.8. The monoisotopic (exact) mass is 273 g/mol. The van der Waals surface area contributed by atoms with Crippen molar-refractivity contribution in [2.24, 2.45) is 0 Å². The first-order valence-corrected chi connectivity index (χ1v) is 6.12. The Labute approximate surface area is 98.2 Å². The maximum atomic E-state index is 11.8. The number of aromatic nitrogens is 2. The van der Waals surface area contributed by atoms with Gasteiger partial charge in [0.15, 0.2) is 0 Å². The predicted octanol–water partition coefficient (Wildman–Crippen LogP) is 1.72. The Bertz CT molecular complexity index is 348. The maximum absolute atomic E-state index is 11.8. The summed E-state index contributed by atoms with van der Waals surface area (Å²) in [5.74, 6) is -0.0654. The van der Waals surface area contributed by atoms with E-state index in [4.69, 9.17) is 0 Å². The first-order valence-electron chi connectivity index (χ1n) is 4.99. The minimum absolute atomic E-state index is 0.0654. The number of carbonyl (C=O) groups is 1. The number of aryl methyl sites for hydroxylation is 2. The molecule has 0 spiro atoms. The Morgan fingerprint density at radius 1 is 1.73 bits per heavy atom. The molecule has 0 saturated heterocycles. The number of nitrogens with one attached hydrogen (secondary N) is 1. The van der Waals surface area contributed by atoms with Crippen LogP contribution in [0.15, 0.2) is 6.07 Å². The summed E-state index contributed by atoms with van der Waals surface area (Å²) in [6.45, 7) is 6.51. The quantitative estimate of drug-likeness (QED) is 0.850. The molecule has 0 saturated carbocycles. The lowest BCUT2D eigenvalue weighted by atomic mass is 10.3. The van der Waals surface area contributed by atoms with Crippen LogP contribution in [0.2, 0.25) is 0 Å². The van der Waals surface area contributed by atoms with Gasteiger partial charge in [-0.2, -0.15) is 5.10 Å². The fourth-order valence-corrected chi connectivity index (χ4v) is 1.47. The van der Waals surface area contributed by atoms with Crippen LogP contribution >= 0.6 is 15.9 Å². The molecule has 0 fully saturated rings. The van der Waals surface area contributed by atoms with Crippen molar-refractivity contribution in [2.45, 2.75) is 33.4 Å². The molecule has 0 bridgehead atoms. The zero-order valence-electron chi connectivity index (χ0n) is 9.25. The van der Waals surface area contributed by atoms with Crippen LogP contribution in [0, 0.1) is 6.92 Å². The number of alkyl halides is 1. The number of hydrogen-bond acceptors (Lipinski definition) is 2. The molecule has 1 rings (SSSR count). The molecular weight excluding hydrogens is 258 g/mol. The van der Waals surface area contributed by atoms with E-state index in [1.807, 2.05) is 20.8 Å². The normalized spacial score (nSPS) is 12.5. The van der Waals surface area contributed by atoms with Gasteiger partial charge in [0.1, 0.15) is 5.69 Å². The molecule has 4 nitrogen and oxygen atoms in total. The van der Waals surface area contributed by atoms with E-state index in [1.54, 1.807) is 10.7 Å². The van der Waals surface area contributed by atoms with Gasteiger partial charge in [-0.1, -0.05) is 15.9 Å². The standard InChI is InChI=1S/C10H16BrN3O/c1-4-14-9(5-7(2)13-14)10(15)12-8(3)6-11/h5,8H,4,6H2,1-3H3,(H,12,15). The molecular formula is C10H16BrN3O. The van der Waals surface area contributed by atoms with Gasteiger partial charge in [-0.05, 0) is 26.8 Å². The molecule has 1 heterocycles. The van der Waals surface area contributed by atoms with Crippen LogP contribution in [0.4, 0.5) is 0 Å². The lowest BCUT2D eigenvalue weighted by Crippen LogP contribution is -2.34. The van der Waals surface area contributed by atoms with E-state index in [9.17, 15) is 4.79 Å². The summed E-state index contributed by atoms with van der Waals surface area (Å²) in [5.41, 5.74) is 1.50. The second-order valence-corrected chi connectivity index (χ2v) is 4.16. The highest BCUT2D eigenvalue weighted by molar-refractivity contribution is 9.09. The summed E-state index contributed by atoms with van der Waals surface area (Å²) < 4.78 is 1.71. The Morgan fingerprint density at radius 3 is 2.93 bits per heavy atom. The first kappa shape index (κ1) is 12.2. The molecule has 1 N–H and O–H groups in total. The van der Waals surface area contributed by atoms with E-state index in [0.29, 0.717) is 12.2 Å². The highest BCUT2D eigenvalue weighted by Crippen LogP contribution is 2.04. The third kappa shape index (κ3) is 3.06. The van der Waals surface area contributed by atoms with Crippen molar-refractivity contribution in [3.63, 3.8) is 0 Å². The second-order valence-electron chi connectivity index (χ2n) is 3.52. The van der Waals surface area contributed by atoms with E-state index in [2.05, 4.69) is 26.3 Å². The van der Waals surface area contributed by atoms with E-state index >= 15 is 0 Å². The van der Waals surface area contributed by atoms with Crippen molar-refractivity contribution < 1.29 is 4.79 Å². The van der Waals surface area contributed by atoms with Gasteiger partial charge in [0.2, 0.25) is 0 Å². The minimum atomic E-state index is -0.0654. The third-order valence-corrected chi connectivity index (χ3v) is 3.01. The summed E-state index contributed by atoms with van der Waals surface area (Å²) in [7, 11) is 0. The molecule has 0 aliphatic carbocycles. The number of rotatable bonds is 4. The Morgan fingerprint density at radius 2 is 2.40 bits per heavy atom. The minimum Gasteiger partial charge on any atom is -0.347 e. The zero-order chi connectivity index (χ0) is 11.4. The zero-order valence-corrected chi connectivity index (χ0v) is 10.8. The molecule has 0 aliphatic rings. The van der Waals surface area contributed by atoms with Crippen LogP contribution in [-0.2, 0) is 6.54 Å². The third-order valence-electron chi connectivity index (χ3n) is 2.04. The number of amides is 1. The highest BCUT2D eigenvalue weighted by Gasteiger charge is 2.14. The van der Waals surface area contributed by atoms with Crippen LogP contribution in [-0.4, -0.2) is 27.1 Å². The Kier molecular flexibility index (Phi) is 4.32. The van der Waals surface area contributed by atoms with E-state index in [1.165, 1.54) is 0 Å². The maximum Gasteiger partial charge on any atom is 0.269 e. The van der Waals surface area contributed by atoms with Crippen molar-refractivity contribution in [2.75, 3.05) is 5.33 Å². The molecule has 1 amide bonds. The molecule has 5 heteroatoms. The predicted molar refractivity (Wildman–Crippen MR) is 63.4 cm³/mol. The summed E-state index contributed by atoms with van der Waals surface area (Å²) in [6, 6.07) is 1.93. The summed E-state index contributed by atoms with van der Waals surface area (Å²) >= 11 is 3.32. The topological polar surface area (TPSA) is 46.9 Å². The lowest BCUT2D eigenvalue weighted by molar-refractivity contribution is 0.0933. The molecule has 1 aromatic rings. The van der Waals surface area contributed by atoms with Crippen molar-refractivity contribution in [1.29, 1.82) is 0 Å². The fraction of sp³-hybridized carbons (Fsp3) is 0.600. The second kappa shape index (κ2) is 5.30. The molecule has 1 unspecified atom stereocenters. The van der Waals surface area contributed by atoms with E-state index in [-0.39, 0.29) is 11.9 Å².